The van der Waals surface area contributed by atoms with Gasteiger partial charge in [-0.2, -0.15) is 5.10 Å². The van der Waals surface area contributed by atoms with E-state index in [1.807, 2.05) is 0 Å². The van der Waals surface area contributed by atoms with Crippen LogP contribution >= 0.6 is 15.9 Å². The largest absolute Gasteiger partial charge is 0.381 e. The lowest BCUT2D eigenvalue weighted by molar-refractivity contribution is 0.00925. The van der Waals surface area contributed by atoms with E-state index >= 15 is 0 Å². The summed E-state index contributed by atoms with van der Waals surface area (Å²) < 4.78 is 8.78. The molecule has 1 aliphatic heterocycles. The summed E-state index contributed by atoms with van der Waals surface area (Å²) in [4.78, 5) is 2.48. The molecule has 1 aromatic heterocycles. The molecule has 2 unspecified atom stereocenters. The van der Waals surface area contributed by atoms with Crippen molar-refractivity contribution in [3.05, 3.63) is 15.9 Å². The van der Waals surface area contributed by atoms with E-state index in [1.165, 1.54) is 5.69 Å². The highest BCUT2D eigenvalue weighted by atomic mass is 79.9. The molecule has 1 aromatic rings. The SMILES string of the molecule is CCc1nn(CC)c(CN2CCC(OC)CC2CN)c1Br. The first kappa shape index (κ1) is 16.9. The van der Waals surface area contributed by atoms with Gasteiger partial charge in [-0.1, -0.05) is 6.92 Å². The van der Waals surface area contributed by atoms with Gasteiger partial charge in [0.05, 0.1) is 22.0 Å². The van der Waals surface area contributed by atoms with Crippen molar-refractivity contribution in [1.82, 2.24) is 14.7 Å². The summed E-state index contributed by atoms with van der Waals surface area (Å²) in [6.45, 7) is 7.79. The van der Waals surface area contributed by atoms with Crippen LogP contribution in [-0.4, -0.2) is 47.0 Å². The number of rotatable bonds is 6. The Morgan fingerprint density at radius 1 is 1.43 bits per heavy atom. The molecule has 0 amide bonds. The van der Waals surface area contributed by atoms with Crippen LogP contribution in [0, 0.1) is 0 Å². The summed E-state index contributed by atoms with van der Waals surface area (Å²) in [5, 5.41) is 4.68. The molecule has 1 saturated heterocycles. The lowest BCUT2D eigenvalue weighted by Crippen LogP contribution is -2.48. The topological polar surface area (TPSA) is 56.3 Å². The maximum atomic E-state index is 5.97. The predicted molar refractivity (Wildman–Crippen MR) is 88.3 cm³/mol. The van der Waals surface area contributed by atoms with E-state index in [2.05, 4.69) is 44.5 Å². The number of hydrogen-bond acceptors (Lipinski definition) is 4. The molecule has 0 saturated carbocycles. The Kier molecular flexibility index (Phi) is 6.22. The van der Waals surface area contributed by atoms with Gasteiger partial charge in [0.15, 0.2) is 0 Å². The fourth-order valence-electron chi connectivity index (χ4n) is 3.09. The third kappa shape index (κ3) is 3.67. The second-order valence-corrected chi connectivity index (χ2v) is 6.41. The molecular weight excluding hydrogens is 332 g/mol. The van der Waals surface area contributed by atoms with Gasteiger partial charge in [-0.15, -0.1) is 0 Å². The third-order valence-corrected chi connectivity index (χ3v) is 5.36. The number of nitrogens with two attached hydrogens (primary N) is 1. The highest BCUT2D eigenvalue weighted by molar-refractivity contribution is 9.10. The Labute approximate surface area is 135 Å². The van der Waals surface area contributed by atoms with Crippen LogP contribution in [-0.2, 0) is 24.2 Å². The van der Waals surface area contributed by atoms with E-state index in [-0.39, 0.29) is 0 Å². The van der Waals surface area contributed by atoms with E-state index in [0.717, 1.165) is 49.1 Å². The summed E-state index contributed by atoms with van der Waals surface area (Å²) in [6.07, 6.45) is 3.39. The van der Waals surface area contributed by atoms with E-state index in [0.29, 0.717) is 18.7 Å². The van der Waals surface area contributed by atoms with E-state index in [9.17, 15) is 0 Å². The molecule has 0 aliphatic carbocycles. The van der Waals surface area contributed by atoms with Gasteiger partial charge in [0.1, 0.15) is 0 Å². The highest BCUT2D eigenvalue weighted by Gasteiger charge is 2.29. The van der Waals surface area contributed by atoms with E-state index in [4.69, 9.17) is 10.5 Å². The van der Waals surface area contributed by atoms with Crippen molar-refractivity contribution in [3.8, 4) is 0 Å². The maximum Gasteiger partial charge on any atom is 0.0767 e. The van der Waals surface area contributed by atoms with Crippen molar-refractivity contribution >= 4 is 15.9 Å². The van der Waals surface area contributed by atoms with Crippen molar-refractivity contribution in [1.29, 1.82) is 0 Å². The second-order valence-electron chi connectivity index (χ2n) is 5.62. The average molecular weight is 359 g/mol. The number of aromatic nitrogens is 2. The number of methoxy groups -OCH3 is 1. The molecule has 0 aromatic carbocycles. The van der Waals surface area contributed by atoms with Crippen molar-refractivity contribution < 1.29 is 4.74 Å². The Hall–Kier alpha value is -0.430. The maximum absolute atomic E-state index is 5.97. The van der Waals surface area contributed by atoms with Gasteiger partial charge in [-0.3, -0.25) is 9.58 Å². The number of likely N-dealkylation sites (tertiary alicyclic amines) is 1. The lowest BCUT2D eigenvalue weighted by atomic mass is 9.99. The minimum atomic E-state index is 0.348. The quantitative estimate of drug-likeness (QED) is 0.846. The van der Waals surface area contributed by atoms with Crippen LogP contribution in [0.3, 0.4) is 0 Å². The van der Waals surface area contributed by atoms with Gasteiger partial charge in [-0.05, 0) is 42.1 Å². The van der Waals surface area contributed by atoms with Crippen LogP contribution in [0.5, 0.6) is 0 Å². The molecule has 2 heterocycles. The second kappa shape index (κ2) is 7.72. The average Bonchev–Trinajstić information content (AvgIpc) is 2.83. The van der Waals surface area contributed by atoms with Crippen molar-refractivity contribution in [2.75, 3.05) is 20.2 Å². The number of hydrogen-bond donors (Lipinski definition) is 1. The van der Waals surface area contributed by atoms with Crippen molar-refractivity contribution in [3.63, 3.8) is 0 Å². The smallest absolute Gasteiger partial charge is 0.0767 e. The standard InChI is InChI=1S/C15H27BrN4O/c1-4-13-15(16)14(20(5-2)18-13)10-19-7-6-12(21-3)8-11(19)9-17/h11-12H,4-10,17H2,1-3H3. The van der Waals surface area contributed by atoms with Crippen LogP contribution in [0.2, 0.25) is 0 Å². The Bertz CT molecular complexity index is 463. The van der Waals surface area contributed by atoms with E-state index < -0.39 is 0 Å². The fourth-order valence-corrected chi connectivity index (χ4v) is 3.78. The molecule has 21 heavy (non-hydrogen) atoms. The fraction of sp³-hybridized carbons (Fsp3) is 0.800. The Balaban J connectivity index is 2.15. The molecule has 6 heteroatoms. The number of halogens is 1. The summed E-state index contributed by atoms with van der Waals surface area (Å²) in [5.41, 5.74) is 8.38. The molecule has 2 rings (SSSR count). The number of aryl methyl sites for hydroxylation is 2. The number of nitrogens with zero attached hydrogens (tertiary/aromatic N) is 3. The Morgan fingerprint density at radius 2 is 2.19 bits per heavy atom. The minimum Gasteiger partial charge on any atom is -0.381 e. The summed E-state index contributed by atoms with van der Waals surface area (Å²) >= 11 is 3.73. The summed E-state index contributed by atoms with van der Waals surface area (Å²) in [7, 11) is 1.80. The predicted octanol–water partition coefficient (Wildman–Crippen LogP) is 2.17. The van der Waals surface area contributed by atoms with Gasteiger partial charge < -0.3 is 10.5 Å². The molecule has 0 bridgehead atoms. The molecule has 1 fully saturated rings. The minimum absolute atomic E-state index is 0.348. The summed E-state index contributed by atoms with van der Waals surface area (Å²) in [5.74, 6) is 0. The van der Waals surface area contributed by atoms with E-state index in [1.54, 1.807) is 7.11 Å². The van der Waals surface area contributed by atoms with Gasteiger partial charge in [-0.25, -0.2) is 0 Å². The Morgan fingerprint density at radius 3 is 2.76 bits per heavy atom. The van der Waals surface area contributed by atoms with Crippen LogP contribution in [0.1, 0.15) is 38.1 Å². The van der Waals surface area contributed by atoms with Gasteiger partial charge in [0.25, 0.3) is 0 Å². The molecule has 120 valence electrons. The first-order valence-electron chi connectivity index (χ1n) is 7.85. The number of ether oxygens (including phenoxy) is 1. The molecule has 2 N–H and O–H groups in total. The molecule has 0 spiro atoms. The number of piperidine rings is 1. The van der Waals surface area contributed by atoms with Gasteiger partial charge in [0.2, 0.25) is 0 Å². The first-order chi connectivity index (χ1) is 10.1. The molecule has 1 aliphatic rings. The molecule has 2 atom stereocenters. The van der Waals surface area contributed by atoms with Crippen LogP contribution in [0.4, 0.5) is 0 Å². The first-order valence-corrected chi connectivity index (χ1v) is 8.64. The van der Waals surface area contributed by atoms with Crippen molar-refractivity contribution in [2.45, 2.75) is 58.3 Å². The van der Waals surface area contributed by atoms with Crippen LogP contribution in [0.25, 0.3) is 0 Å². The normalized spacial score (nSPS) is 23.7. The molecule has 5 nitrogen and oxygen atoms in total. The zero-order chi connectivity index (χ0) is 15.4. The molecule has 0 radical (unpaired) electrons. The van der Waals surface area contributed by atoms with Crippen LogP contribution in [0.15, 0.2) is 4.47 Å². The zero-order valence-electron chi connectivity index (χ0n) is 13.3. The monoisotopic (exact) mass is 358 g/mol. The van der Waals surface area contributed by atoms with Crippen LogP contribution < -0.4 is 5.73 Å². The third-order valence-electron chi connectivity index (χ3n) is 4.44. The lowest BCUT2D eigenvalue weighted by Gasteiger charge is -2.38. The highest BCUT2D eigenvalue weighted by Crippen LogP contribution is 2.27. The zero-order valence-corrected chi connectivity index (χ0v) is 14.9. The van der Waals surface area contributed by atoms with Gasteiger partial charge >= 0.3 is 0 Å². The van der Waals surface area contributed by atoms with Gasteiger partial charge in [0, 0.05) is 39.3 Å². The summed E-state index contributed by atoms with van der Waals surface area (Å²) in [6, 6.07) is 0.390. The molecular formula is C15H27BrN4O. The van der Waals surface area contributed by atoms with Crippen molar-refractivity contribution in [2.24, 2.45) is 5.73 Å².